The molecule has 1 amide bonds. The first kappa shape index (κ1) is 17.0. The van der Waals surface area contributed by atoms with Crippen molar-refractivity contribution in [1.82, 2.24) is 0 Å². The number of carbonyl (C=O) groups is 1. The molecule has 0 bridgehead atoms. The van der Waals surface area contributed by atoms with Crippen LogP contribution in [0.5, 0.6) is 5.75 Å². The minimum Gasteiger partial charge on any atom is -0.493 e. The van der Waals surface area contributed by atoms with Gasteiger partial charge in [0.05, 0.1) is 19.6 Å². The summed E-state index contributed by atoms with van der Waals surface area (Å²) in [6.45, 7) is 3.93. The summed E-state index contributed by atoms with van der Waals surface area (Å²) in [5.41, 5.74) is 0.773. The van der Waals surface area contributed by atoms with E-state index in [4.69, 9.17) is 9.47 Å². The SMILES string of the molecule is CCCCOCCC(=O)Nc1ccc(OCCBr)cc1. The van der Waals surface area contributed by atoms with Crippen molar-refractivity contribution in [2.75, 3.05) is 30.5 Å². The Balaban J connectivity index is 2.24. The summed E-state index contributed by atoms with van der Waals surface area (Å²) in [4.78, 5) is 11.7. The molecule has 112 valence electrons. The van der Waals surface area contributed by atoms with E-state index >= 15 is 0 Å². The molecule has 4 nitrogen and oxygen atoms in total. The minimum atomic E-state index is -0.0318. The smallest absolute Gasteiger partial charge is 0.226 e. The number of alkyl halides is 1. The van der Waals surface area contributed by atoms with Crippen molar-refractivity contribution in [2.24, 2.45) is 0 Å². The number of ether oxygens (including phenoxy) is 2. The van der Waals surface area contributed by atoms with Gasteiger partial charge in [0.15, 0.2) is 0 Å². The average Bonchev–Trinajstić information content (AvgIpc) is 2.46. The molecule has 0 aromatic heterocycles. The van der Waals surface area contributed by atoms with Crippen LogP contribution in [0.3, 0.4) is 0 Å². The lowest BCUT2D eigenvalue weighted by Crippen LogP contribution is -2.14. The second-order valence-corrected chi connectivity index (χ2v) is 5.12. The van der Waals surface area contributed by atoms with Crippen LogP contribution < -0.4 is 10.1 Å². The first-order valence-electron chi connectivity index (χ1n) is 6.92. The molecule has 1 aromatic carbocycles. The number of hydrogen-bond acceptors (Lipinski definition) is 3. The van der Waals surface area contributed by atoms with Gasteiger partial charge in [0.25, 0.3) is 0 Å². The normalized spacial score (nSPS) is 10.3. The van der Waals surface area contributed by atoms with Gasteiger partial charge in [-0.05, 0) is 30.7 Å². The first-order chi connectivity index (χ1) is 9.76. The standard InChI is InChI=1S/C15H22BrNO3/c1-2-3-10-19-11-8-15(18)17-13-4-6-14(7-5-13)20-12-9-16/h4-7H,2-3,8-12H2,1H3,(H,17,18). The molecule has 20 heavy (non-hydrogen) atoms. The summed E-state index contributed by atoms with van der Waals surface area (Å²) in [6, 6.07) is 7.35. The molecule has 5 heteroatoms. The molecule has 0 fully saturated rings. The van der Waals surface area contributed by atoms with Gasteiger partial charge < -0.3 is 14.8 Å². The Morgan fingerprint density at radius 3 is 2.60 bits per heavy atom. The number of nitrogens with one attached hydrogen (secondary N) is 1. The molecule has 0 spiro atoms. The van der Waals surface area contributed by atoms with Gasteiger partial charge in [0.1, 0.15) is 5.75 Å². The Bertz CT molecular complexity index is 381. The maximum atomic E-state index is 11.7. The molecule has 1 rings (SSSR count). The Morgan fingerprint density at radius 2 is 1.95 bits per heavy atom. The number of rotatable bonds is 10. The number of hydrogen-bond donors (Lipinski definition) is 1. The van der Waals surface area contributed by atoms with Crippen LogP contribution in [-0.2, 0) is 9.53 Å². The summed E-state index contributed by atoms with van der Waals surface area (Å²) in [7, 11) is 0. The molecular formula is C15H22BrNO3. The summed E-state index contributed by atoms with van der Waals surface area (Å²) >= 11 is 3.30. The Labute approximate surface area is 129 Å². The average molecular weight is 344 g/mol. The second-order valence-electron chi connectivity index (χ2n) is 4.33. The zero-order chi connectivity index (χ0) is 14.6. The topological polar surface area (TPSA) is 47.6 Å². The van der Waals surface area contributed by atoms with Gasteiger partial charge in [0, 0.05) is 17.6 Å². The molecule has 0 unspecified atom stereocenters. The van der Waals surface area contributed by atoms with Crippen molar-refractivity contribution >= 4 is 27.5 Å². The molecule has 0 saturated heterocycles. The molecule has 0 atom stereocenters. The van der Waals surface area contributed by atoms with Gasteiger partial charge in [-0.1, -0.05) is 29.3 Å². The Kier molecular flexibility index (Phi) is 9.07. The highest BCUT2D eigenvalue weighted by molar-refractivity contribution is 9.09. The van der Waals surface area contributed by atoms with E-state index in [0.717, 1.165) is 36.2 Å². The fourth-order valence-electron chi connectivity index (χ4n) is 1.53. The number of halogens is 1. The van der Waals surface area contributed by atoms with E-state index < -0.39 is 0 Å². The van der Waals surface area contributed by atoms with Gasteiger partial charge in [-0.25, -0.2) is 0 Å². The quantitative estimate of drug-likeness (QED) is 0.521. The summed E-state index contributed by atoms with van der Waals surface area (Å²) in [5.74, 6) is 0.765. The van der Waals surface area contributed by atoms with Crippen molar-refractivity contribution in [3.8, 4) is 5.75 Å². The van der Waals surface area contributed by atoms with Crippen LogP contribution in [0.25, 0.3) is 0 Å². The van der Waals surface area contributed by atoms with Crippen LogP contribution in [0.1, 0.15) is 26.2 Å². The predicted octanol–water partition coefficient (Wildman–Crippen LogP) is 3.61. The van der Waals surface area contributed by atoms with Crippen molar-refractivity contribution in [2.45, 2.75) is 26.2 Å². The molecule has 0 radical (unpaired) electrons. The molecule has 1 aromatic rings. The van der Waals surface area contributed by atoms with Gasteiger partial charge in [0.2, 0.25) is 5.91 Å². The maximum Gasteiger partial charge on any atom is 0.226 e. The summed E-state index contributed by atoms with van der Waals surface area (Å²) in [6.07, 6.45) is 2.53. The van der Waals surface area contributed by atoms with Crippen LogP contribution in [0.4, 0.5) is 5.69 Å². The van der Waals surface area contributed by atoms with Gasteiger partial charge >= 0.3 is 0 Å². The highest BCUT2D eigenvalue weighted by Gasteiger charge is 2.02. The molecule has 1 N–H and O–H groups in total. The number of carbonyl (C=O) groups excluding carboxylic acids is 1. The minimum absolute atomic E-state index is 0.0318. The van der Waals surface area contributed by atoms with Gasteiger partial charge in [-0.15, -0.1) is 0 Å². The third-order valence-electron chi connectivity index (χ3n) is 2.60. The van der Waals surface area contributed by atoms with Crippen molar-refractivity contribution in [3.05, 3.63) is 24.3 Å². The van der Waals surface area contributed by atoms with E-state index in [1.165, 1.54) is 0 Å². The van der Waals surface area contributed by atoms with Crippen LogP contribution in [0, 0.1) is 0 Å². The molecule has 0 aliphatic heterocycles. The number of amides is 1. The van der Waals surface area contributed by atoms with E-state index in [1.54, 1.807) is 0 Å². The van der Waals surface area contributed by atoms with Crippen LogP contribution in [-0.4, -0.2) is 31.1 Å². The zero-order valence-corrected chi connectivity index (χ0v) is 13.4. The zero-order valence-electron chi connectivity index (χ0n) is 11.9. The fraction of sp³-hybridized carbons (Fsp3) is 0.533. The van der Waals surface area contributed by atoms with E-state index in [1.807, 2.05) is 24.3 Å². The maximum absolute atomic E-state index is 11.7. The third-order valence-corrected chi connectivity index (χ3v) is 2.92. The predicted molar refractivity (Wildman–Crippen MR) is 84.7 cm³/mol. The Morgan fingerprint density at radius 1 is 1.20 bits per heavy atom. The van der Waals surface area contributed by atoms with Crippen molar-refractivity contribution in [1.29, 1.82) is 0 Å². The highest BCUT2D eigenvalue weighted by Crippen LogP contribution is 2.15. The summed E-state index contributed by atoms with van der Waals surface area (Å²) < 4.78 is 10.8. The van der Waals surface area contributed by atoms with E-state index in [-0.39, 0.29) is 5.91 Å². The summed E-state index contributed by atoms with van der Waals surface area (Å²) in [5, 5.41) is 3.63. The van der Waals surface area contributed by atoms with Crippen LogP contribution >= 0.6 is 15.9 Å². The molecule has 0 aliphatic carbocycles. The molecule has 0 heterocycles. The molecular weight excluding hydrogens is 322 g/mol. The van der Waals surface area contributed by atoms with Gasteiger partial charge in [-0.2, -0.15) is 0 Å². The largest absolute Gasteiger partial charge is 0.493 e. The third kappa shape index (κ3) is 7.50. The second kappa shape index (κ2) is 10.7. The first-order valence-corrected chi connectivity index (χ1v) is 8.05. The lowest BCUT2D eigenvalue weighted by Gasteiger charge is -2.08. The Hall–Kier alpha value is -1.07. The van der Waals surface area contributed by atoms with E-state index in [2.05, 4.69) is 28.2 Å². The number of anilines is 1. The van der Waals surface area contributed by atoms with E-state index in [9.17, 15) is 4.79 Å². The lowest BCUT2D eigenvalue weighted by atomic mass is 10.3. The number of unbranched alkanes of at least 4 members (excludes halogenated alkanes) is 1. The number of benzene rings is 1. The fourth-order valence-corrected chi connectivity index (χ4v) is 1.69. The molecule has 0 saturated carbocycles. The molecule has 0 aliphatic rings. The lowest BCUT2D eigenvalue weighted by molar-refractivity contribution is -0.117. The highest BCUT2D eigenvalue weighted by atomic mass is 79.9. The van der Waals surface area contributed by atoms with Crippen LogP contribution in [0.15, 0.2) is 24.3 Å². The van der Waals surface area contributed by atoms with Gasteiger partial charge in [-0.3, -0.25) is 4.79 Å². The monoisotopic (exact) mass is 343 g/mol. The van der Waals surface area contributed by atoms with Crippen molar-refractivity contribution in [3.63, 3.8) is 0 Å². The van der Waals surface area contributed by atoms with Crippen LogP contribution in [0.2, 0.25) is 0 Å². The van der Waals surface area contributed by atoms with Crippen molar-refractivity contribution < 1.29 is 14.3 Å². The van der Waals surface area contributed by atoms with E-state index in [0.29, 0.717) is 19.6 Å².